The summed E-state index contributed by atoms with van der Waals surface area (Å²) in [6.07, 6.45) is 1.36. The first kappa shape index (κ1) is 12.3. The molecule has 1 rings (SSSR count). The highest BCUT2D eigenvalue weighted by atomic mass is 32.2. The lowest BCUT2D eigenvalue weighted by molar-refractivity contribution is 0.230. The van der Waals surface area contributed by atoms with E-state index in [1.165, 1.54) is 0 Å². The van der Waals surface area contributed by atoms with Crippen LogP contribution in [0.4, 0.5) is 4.79 Å². The Labute approximate surface area is 90.5 Å². The molecule has 1 atom stereocenters. The Bertz CT molecular complexity index is 339. The molecule has 1 fully saturated rings. The molecule has 1 unspecified atom stereocenters. The molecule has 0 radical (unpaired) electrons. The van der Waals surface area contributed by atoms with Crippen LogP contribution in [0.2, 0.25) is 0 Å². The van der Waals surface area contributed by atoms with E-state index in [1.54, 1.807) is 6.92 Å². The van der Waals surface area contributed by atoms with E-state index >= 15 is 0 Å². The number of hydrogen-bond donors (Lipinski definition) is 2. The smallest absolute Gasteiger partial charge is 0.315 e. The number of hydrogen-bond acceptors (Lipinski definition) is 3. The number of nitrogens with one attached hydrogen (secondary N) is 2. The first-order valence-corrected chi connectivity index (χ1v) is 6.95. The van der Waals surface area contributed by atoms with Crippen molar-refractivity contribution in [3.8, 4) is 0 Å². The summed E-state index contributed by atoms with van der Waals surface area (Å²) in [5, 5.41) is 5.38. The molecule has 1 aliphatic heterocycles. The van der Waals surface area contributed by atoms with Gasteiger partial charge in [-0.05, 0) is 19.8 Å². The quantitative estimate of drug-likeness (QED) is 0.736. The fourth-order valence-corrected chi connectivity index (χ4v) is 3.76. The SMILES string of the molecule is CCCNC(=O)NC1(C)CCS(=O)(=O)C1. The predicted molar refractivity (Wildman–Crippen MR) is 58.5 cm³/mol. The van der Waals surface area contributed by atoms with Gasteiger partial charge in [-0.15, -0.1) is 0 Å². The standard InChI is InChI=1S/C9H18N2O3S/c1-3-5-10-8(12)11-9(2)4-6-15(13,14)7-9/h3-7H2,1-2H3,(H2,10,11,12). The van der Waals surface area contributed by atoms with Crippen molar-refractivity contribution in [2.24, 2.45) is 0 Å². The minimum Gasteiger partial charge on any atom is -0.338 e. The maximum Gasteiger partial charge on any atom is 0.315 e. The normalized spacial score (nSPS) is 28.7. The molecule has 1 saturated heterocycles. The highest BCUT2D eigenvalue weighted by molar-refractivity contribution is 7.91. The molecule has 0 saturated carbocycles. The Morgan fingerprint density at radius 1 is 1.47 bits per heavy atom. The zero-order valence-electron chi connectivity index (χ0n) is 9.17. The van der Waals surface area contributed by atoms with Crippen LogP contribution in [0.15, 0.2) is 0 Å². The molecule has 0 aromatic heterocycles. The fraction of sp³-hybridized carbons (Fsp3) is 0.889. The van der Waals surface area contributed by atoms with Gasteiger partial charge in [-0.3, -0.25) is 0 Å². The Morgan fingerprint density at radius 3 is 2.60 bits per heavy atom. The van der Waals surface area contributed by atoms with Crippen LogP contribution in [-0.4, -0.2) is 38.0 Å². The molecule has 0 aromatic rings. The van der Waals surface area contributed by atoms with Gasteiger partial charge < -0.3 is 10.6 Å². The maximum atomic E-state index is 11.4. The van der Waals surface area contributed by atoms with Crippen molar-refractivity contribution in [2.45, 2.75) is 32.2 Å². The molecule has 0 aromatic carbocycles. The molecule has 88 valence electrons. The number of urea groups is 1. The average Bonchev–Trinajstić information content (AvgIpc) is 2.37. The summed E-state index contributed by atoms with van der Waals surface area (Å²) in [6.45, 7) is 4.33. The van der Waals surface area contributed by atoms with Gasteiger partial charge in [-0.2, -0.15) is 0 Å². The zero-order chi connectivity index (χ0) is 11.5. The highest BCUT2D eigenvalue weighted by Crippen LogP contribution is 2.22. The summed E-state index contributed by atoms with van der Waals surface area (Å²) >= 11 is 0. The van der Waals surface area contributed by atoms with Crippen molar-refractivity contribution in [1.82, 2.24) is 10.6 Å². The molecule has 15 heavy (non-hydrogen) atoms. The number of rotatable bonds is 3. The van der Waals surface area contributed by atoms with Crippen LogP contribution < -0.4 is 10.6 Å². The van der Waals surface area contributed by atoms with Gasteiger partial charge in [0.1, 0.15) is 0 Å². The number of carbonyl (C=O) groups excluding carboxylic acids is 1. The minimum absolute atomic E-state index is 0.0412. The third-order valence-electron chi connectivity index (χ3n) is 2.45. The van der Waals surface area contributed by atoms with Crippen LogP contribution in [0.5, 0.6) is 0 Å². The second-order valence-corrected chi connectivity index (χ2v) is 6.47. The first-order valence-electron chi connectivity index (χ1n) is 5.13. The van der Waals surface area contributed by atoms with Crippen LogP contribution in [0, 0.1) is 0 Å². The van der Waals surface area contributed by atoms with Crippen LogP contribution in [0.1, 0.15) is 26.7 Å². The lowest BCUT2D eigenvalue weighted by Gasteiger charge is -2.23. The number of sulfone groups is 1. The van der Waals surface area contributed by atoms with Crippen molar-refractivity contribution in [3.63, 3.8) is 0 Å². The van der Waals surface area contributed by atoms with Gasteiger partial charge in [0.05, 0.1) is 17.0 Å². The van der Waals surface area contributed by atoms with E-state index in [1.807, 2.05) is 6.92 Å². The van der Waals surface area contributed by atoms with Crippen molar-refractivity contribution < 1.29 is 13.2 Å². The van der Waals surface area contributed by atoms with Gasteiger partial charge in [0.25, 0.3) is 0 Å². The first-order chi connectivity index (χ1) is 6.87. The van der Waals surface area contributed by atoms with Crippen LogP contribution in [-0.2, 0) is 9.84 Å². The highest BCUT2D eigenvalue weighted by Gasteiger charge is 2.39. The van der Waals surface area contributed by atoms with Crippen molar-refractivity contribution >= 4 is 15.9 Å². The molecule has 6 heteroatoms. The third-order valence-corrected chi connectivity index (χ3v) is 4.36. The molecule has 2 amide bonds. The van der Waals surface area contributed by atoms with Crippen LogP contribution >= 0.6 is 0 Å². The second-order valence-electron chi connectivity index (χ2n) is 4.28. The molecule has 2 N–H and O–H groups in total. The minimum atomic E-state index is -2.96. The topological polar surface area (TPSA) is 75.3 Å². The summed E-state index contributed by atoms with van der Waals surface area (Å²) in [7, 11) is -2.96. The lowest BCUT2D eigenvalue weighted by atomic mass is 10.0. The van der Waals surface area contributed by atoms with E-state index < -0.39 is 15.4 Å². The number of carbonyl (C=O) groups is 1. The van der Waals surface area contributed by atoms with Gasteiger partial charge in [0, 0.05) is 6.54 Å². The van der Waals surface area contributed by atoms with Crippen LogP contribution in [0.3, 0.4) is 0 Å². The Morgan fingerprint density at radius 2 is 2.13 bits per heavy atom. The summed E-state index contributed by atoms with van der Waals surface area (Å²) in [4.78, 5) is 11.4. The molecule has 1 heterocycles. The van der Waals surface area contributed by atoms with Gasteiger partial charge in [-0.1, -0.05) is 6.92 Å². The van der Waals surface area contributed by atoms with E-state index in [2.05, 4.69) is 10.6 Å². The maximum absolute atomic E-state index is 11.4. The van der Waals surface area contributed by atoms with Crippen molar-refractivity contribution in [1.29, 1.82) is 0 Å². The van der Waals surface area contributed by atoms with Gasteiger partial charge in [0.2, 0.25) is 0 Å². The van der Waals surface area contributed by atoms with E-state index in [0.29, 0.717) is 13.0 Å². The fourth-order valence-electron chi connectivity index (χ4n) is 1.67. The molecular formula is C9H18N2O3S. The molecule has 0 aliphatic carbocycles. The third kappa shape index (κ3) is 3.70. The second kappa shape index (κ2) is 4.38. The van der Waals surface area contributed by atoms with E-state index in [4.69, 9.17) is 0 Å². The molecule has 0 bridgehead atoms. The molecular weight excluding hydrogens is 216 g/mol. The summed E-state index contributed by atoms with van der Waals surface area (Å²) in [6, 6.07) is -0.281. The van der Waals surface area contributed by atoms with Gasteiger partial charge in [0.15, 0.2) is 9.84 Å². The lowest BCUT2D eigenvalue weighted by Crippen LogP contribution is -2.51. The zero-order valence-corrected chi connectivity index (χ0v) is 9.99. The summed E-state index contributed by atoms with van der Waals surface area (Å²) in [5.74, 6) is 0.205. The Balaban J connectivity index is 2.48. The Kier molecular flexibility index (Phi) is 3.59. The molecule has 5 nitrogen and oxygen atoms in total. The van der Waals surface area contributed by atoms with Gasteiger partial charge in [-0.25, -0.2) is 13.2 Å². The Hall–Kier alpha value is -0.780. The van der Waals surface area contributed by atoms with E-state index in [-0.39, 0.29) is 17.5 Å². The molecule has 0 spiro atoms. The largest absolute Gasteiger partial charge is 0.338 e. The van der Waals surface area contributed by atoms with Crippen LogP contribution in [0.25, 0.3) is 0 Å². The summed E-state index contributed by atoms with van der Waals surface area (Å²) < 4.78 is 22.5. The van der Waals surface area contributed by atoms with Crippen molar-refractivity contribution in [3.05, 3.63) is 0 Å². The van der Waals surface area contributed by atoms with Crippen molar-refractivity contribution in [2.75, 3.05) is 18.1 Å². The van der Waals surface area contributed by atoms with Gasteiger partial charge >= 0.3 is 6.03 Å². The monoisotopic (exact) mass is 234 g/mol. The molecule has 1 aliphatic rings. The van der Waals surface area contributed by atoms with E-state index in [0.717, 1.165) is 6.42 Å². The predicted octanol–water partition coefficient (Wildman–Crippen LogP) is 0.273. The summed E-state index contributed by atoms with van der Waals surface area (Å²) in [5.41, 5.74) is -0.601. The average molecular weight is 234 g/mol. The number of amides is 2. The van der Waals surface area contributed by atoms with E-state index in [9.17, 15) is 13.2 Å².